The van der Waals surface area contributed by atoms with Crippen LogP contribution in [0.5, 0.6) is 5.75 Å². The first-order valence-electron chi connectivity index (χ1n) is 6.99. The van der Waals surface area contributed by atoms with E-state index in [1.54, 1.807) is 0 Å². The van der Waals surface area contributed by atoms with E-state index in [2.05, 4.69) is 22.9 Å². The van der Waals surface area contributed by atoms with Crippen molar-refractivity contribution in [2.24, 2.45) is 5.73 Å². The lowest BCUT2D eigenvalue weighted by Gasteiger charge is -2.11. The predicted molar refractivity (Wildman–Crippen MR) is 86.8 cm³/mol. The summed E-state index contributed by atoms with van der Waals surface area (Å²) in [6.45, 7) is 2.41. The molecule has 21 heavy (non-hydrogen) atoms. The molecule has 2 aromatic rings. The Balaban J connectivity index is 2.01. The third kappa shape index (κ3) is 5.14. The first-order valence-corrected chi connectivity index (χ1v) is 7.78. The Labute approximate surface area is 133 Å². The molecule has 2 N–H and O–H groups in total. The molecule has 0 aliphatic heterocycles. The quantitative estimate of drug-likeness (QED) is 0.834. The van der Waals surface area contributed by atoms with Crippen molar-refractivity contribution in [2.75, 3.05) is 0 Å². The number of hydrogen-bond donors (Lipinski definition) is 1. The van der Waals surface area contributed by atoms with Gasteiger partial charge in [0, 0.05) is 10.5 Å². The van der Waals surface area contributed by atoms with E-state index >= 15 is 0 Å². The summed E-state index contributed by atoms with van der Waals surface area (Å²) < 4.78 is 19.7. The van der Waals surface area contributed by atoms with E-state index in [0.717, 1.165) is 29.7 Å². The van der Waals surface area contributed by atoms with Gasteiger partial charge in [0.2, 0.25) is 0 Å². The topological polar surface area (TPSA) is 35.2 Å². The van der Waals surface area contributed by atoms with Crippen molar-refractivity contribution in [2.45, 2.75) is 32.4 Å². The summed E-state index contributed by atoms with van der Waals surface area (Å²) in [4.78, 5) is 0. The molecule has 2 rings (SSSR count). The van der Waals surface area contributed by atoms with Crippen LogP contribution in [0, 0.1) is 5.82 Å². The maximum absolute atomic E-state index is 13.3. The molecule has 2 nitrogen and oxygen atoms in total. The van der Waals surface area contributed by atoms with Crippen molar-refractivity contribution >= 4 is 15.9 Å². The highest BCUT2D eigenvalue weighted by atomic mass is 79.9. The van der Waals surface area contributed by atoms with E-state index in [4.69, 9.17) is 10.5 Å². The van der Waals surface area contributed by atoms with E-state index in [1.807, 2.05) is 30.3 Å². The minimum absolute atomic E-state index is 0.166. The summed E-state index contributed by atoms with van der Waals surface area (Å²) in [5.41, 5.74) is 7.91. The summed E-state index contributed by atoms with van der Waals surface area (Å²) in [6, 6.07) is 12.8. The van der Waals surface area contributed by atoms with Crippen LogP contribution in [0.1, 0.15) is 24.5 Å². The number of ether oxygens (including phenoxy) is 1. The fraction of sp³-hybridized carbons (Fsp3) is 0.294. The van der Waals surface area contributed by atoms with E-state index in [9.17, 15) is 4.39 Å². The number of rotatable bonds is 6. The van der Waals surface area contributed by atoms with Gasteiger partial charge in [-0.15, -0.1) is 0 Å². The highest BCUT2D eigenvalue weighted by Gasteiger charge is 2.04. The molecule has 0 radical (unpaired) electrons. The van der Waals surface area contributed by atoms with Gasteiger partial charge in [-0.3, -0.25) is 0 Å². The van der Waals surface area contributed by atoms with Gasteiger partial charge in [-0.1, -0.05) is 35.0 Å². The number of hydrogen-bond acceptors (Lipinski definition) is 2. The molecule has 1 atom stereocenters. The van der Waals surface area contributed by atoms with Crippen LogP contribution >= 0.6 is 15.9 Å². The summed E-state index contributed by atoms with van der Waals surface area (Å²) in [5, 5.41) is 0. The van der Waals surface area contributed by atoms with Crippen LogP contribution in [0.25, 0.3) is 0 Å². The zero-order valence-corrected chi connectivity index (χ0v) is 13.6. The van der Waals surface area contributed by atoms with Gasteiger partial charge in [0.25, 0.3) is 0 Å². The Morgan fingerprint density at radius 2 is 2.00 bits per heavy atom. The minimum atomic E-state index is -0.273. The smallest absolute Gasteiger partial charge is 0.124 e. The monoisotopic (exact) mass is 351 g/mol. The summed E-state index contributed by atoms with van der Waals surface area (Å²) in [5.74, 6) is 0.502. The van der Waals surface area contributed by atoms with Gasteiger partial charge >= 0.3 is 0 Å². The molecule has 0 saturated carbocycles. The van der Waals surface area contributed by atoms with Crippen molar-refractivity contribution in [1.29, 1.82) is 0 Å². The van der Waals surface area contributed by atoms with Gasteiger partial charge < -0.3 is 10.5 Å². The van der Waals surface area contributed by atoms with Crippen LogP contribution in [0.3, 0.4) is 0 Å². The Bertz CT molecular complexity index is 583. The summed E-state index contributed by atoms with van der Waals surface area (Å²) in [6.07, 6.45) is 1.78. The second kappa shape index (κ2) is 7.57. The van der Waals surface area contributed by atoms with E-state index in [-0.39, 0.29) is 11.9 Å². The molecule has 2 aromatic carbocycles. The Morgan fingerprint density at radius 1 is 1.19 bits per heavy atom. The molecule has 1 unspecified atom stereocenters. The van der Waals surface area contributed by atoms with Crippen LogP contribution in [-0.2, 0) is 13.0 Å². The predicted octanol–water partition coefficient (Wildman–Crippen LogP) is 4.45. The van der Waals surface area contributed by atoms with Crippen LogP contribution in [-0.4, -0.2) is 6.04 Å². The molecule has 0 aliphatic rings. The first-order chi connectivity index (χ1) is 10.1. The molecule has 112 valence electrons. The molecule has 0 amide bonds. The van der Waals surface area contributed by atoms with Gasteiger partial charge in [0.15, 0.2) is 0 Å². The molecule has 0 fully saturated rings. The molecule has 0 aromatic heterocycles. The largest absolute Gasteiger partial charge is 0.489 e. The van der Waals surface area contributed by atoms with Crippen LogP contribution < -0.4 is 10.5 Å². The SMILES string of the molecule is CCC(N)Cc1cccc(OCc2cc(F)cc(Br)c2)c1. The van der Waals surface area contributed by atoms with E-state index in [1.165, 1.54) is 12.1 Å². The van der Waals surface area contributed by atoms with E-state index < -0.39 is 0 Å². The highest BCUT2D eigenvalue weighted by Crippen LogP contribution is 2.19. The molecule has 0 spiro atoms. The highest BCUT2D eigenvalue weighted by molar-refractivity contribution is 9.10. The third-order valence-corrected chi connectivity index (χ3v) is 3.71. The van der Waals surface area contributed by atoms with Crippen molar-refractivity contribution < 1.29 is 9.13 Å². The normalized spacial score (nSPS) is 12.2. The van der Waals surface area contributed by atoms with Gasteiger partial charge in [-0.2, -0.15) is 0 Å². The third-order valence-electron chi connectivity index (χ3n) is 3.25. The lowest BCUT2D eigenvalue weighted by molar-refractivity contribution is 0.305. The van der Waals surface area contributed by atoms with Crippen LogP contribution in [0.15, 0.2) is 46.9 Å². The van der Waals surface area contributed by atoms with E-state index in [0.29, 0.717) is 11.1 Å². The fourth-order valence-electron chi connectivity index (χ4n) is 2.07. The minimum Gasteiger partial charge on any atom is -0.489 e. The zero-order chi connectivity index (χ0) is 15.2. The maximum atomic E-state index is 13.3. The Hall–Kier alpha value is -1.39. The molecule has 0 aliphatic carbocycles. The van der Waals surface area contributed by atoms with Crippen molar-refractivity contribution in [3.05, 3.63) is 63.9 Å². The molecular weight excluding hydrogens is 333 g/mol. The molecule has 0 heterocycles. The molecule has 0 bridgehead atoms. The molecular formula is C17H19BrFNO. The number of halogens is 2. The second-order valence-electron chi connectivity index (χ2n) is 5.09. The van der Waals surface area contributed by atoms with Crippen molar-refractivity contribution in [3.8, 4) is 5.75 Å². The number of benzene rings is 2. The fourth-order valence-corrected chi connectivity index (χ4v) is 2.58. The maximum Gasteiger partial charge on any atom is 0.124 e. The average molecular weight is 352 g/mol. The Morgan fingerprint density at radius 3 is 2.71 bits per heavy atom. The standard InChI is InChI=1S/C17H19BrFNO/c1-2-16(20)8-12-4-3-5-17(9-12)21-11-13-6-14(18)10-15(19)7-13/h3-7,9-10,16H,2,8,11,20H2,1H3. The van der Waals surface area contributed by atoms with Gasteiger partial charge in [0.1, 0.15) is 18.2 Å². The lowest BCUT2D eigenvalue weighted by atomic mass is 10.0. The summed E-state index contributed by atoms with van der Waals surface area (Å²) in [7, 11) is 0. The molecule has 4 heteroatoms. The Kier molecular flexibility index (Phi) is 5.76. The second-order valence-corrected chi connectivity index (χ2v) is 6.00. The lowest BCUT2D eigenvalue weighted by Crippen LogP contribution is -2.21. The zero-order valence-electron chi connectivity index (χ0n) is 12.0. The molecule has 0 saturated heterocycles. The number of nitrogens with two attached hydrogens (primary N) is 1. The van der Waals surface area contributed by atoms with Crippen molar-refractivity contribution in [1.82, 2.24) is 0 Å². The average Bonchev–Trinajstić information content (AvgIpc) is 2.44. The van der Waals surface area contributed by atoms with Gasteiger partial charge in [-0.05, 0) is 54.3 Å². The van der Waals surface area contributed by atoms with Gasteiger partial charge in [0.05, 0.1) is 0 Å². The van der Waals surface area contributed by atoms with Gasteiger partial charge in [-0.25, -0.2) is 4.39 Å². The first kappa shape index (κ1) is 16.0. The summed E-state index contributed by atoms with van der Waals surface area (Å²) >= 11 is 3.28. The van der Waals surface area contributed by atoms with Crippen molar-refractivity contribution in [3.63, 3.8) is 0 Å². The van der Waals surface area contributed by atoms with Crippen LogP contribution in [0.4, 0.5) is 4.39 Å². The van der Waals surface area contributed by atoms with Crippen LogP contribution in [0.2, 0.25) is 0 Å².